The van der Waals surface area contributed by atoms with E-state index in [0.717, 1.165) is 5.56 Å². The lowest BCUT2D eigenvalue weighted by Gasteiger charge is -2.42. The van der Waals surface area contributed by atoms with Crippen molar-refractivity contribution in [2.45, 2.75) is 44.2 Å². The fourth-order valence-electron chi connectivity index (χ4n) is 2.94. The molecule has 1 fully saturated rings. The van der Waals surface area contributed by atoms with Gasteiger partial charge in [0.25, 0.3) is 0 Å². The van der Waals surface area contributed by atoms with Crippen molar-refractivity contribution in [2.75, 3.05) is 33.0 Å². The van der Waals surface area contributed by atoms with Gasteiger partial charge in [0.05, 0.1) is 26.4 Å². The number of aliphatic hydroxyl groups is 3. The lowest BCUT2D eigenvalue weighted by atomic mass is 9.97. The van der Waals surface area contributed by atoms with E-state index in [9.17, 15) is 24.9 Å². The summed E-state index contributed by atoms with van der Waals surface area (Å²) in [5, 5.41) is 34.4. The van der Waals surface area contributed by atoms with E-state index in [4.69, 9.17) is 18.9 Å². The minimum Gasteiger partial charge on any atom is -0.445 e. The summed E-state index contributed by atoms with van der Waals surface area (Å²) in [6.45, 7) is 1.57. The molecule has 0 unspecified atom stereocenters. The van der Waals surface area contributed by atoms with Gasteiger partial charge in [0.1, 0.15) is 31.0 Å². The predicted octanol–water partition coefficient (Wildman–Crippen LogP) is -1.11. The van der Waals surface area contributed by atoms with Gasteiger partial charge in [-0.1, -0.05) is 30.3 Å². The molecule has 5 N–H and O–H groups in total. The summed E-state index contributed by atoms with van der Waals surface area (Å²) < 4.78 is 21.4. The van der Waals surface area contributed by atoms with Crippen LogP contribution in [0.3, 0.4) is 0 Å². The highest BCUT2D eigenvalue weighted by atomic mass is 16.7. The number of amides is 2. The van der Waals surface area contributed by atoms with Crippen molar-refractivity contribution in [1.29, 1.82) is 0 Å². The number of carbonyl (C=O) groups excluding carboxylic acids is 2. The fourth-order valence-corrected chi connectivity index (χ4v) is 2.94. The molecule has 1 saturated heterocycles. The predicted molar refractivity (Wildman–Crippen MR) is 107 cm³/mol. The van der Waals surface area contributed by atoms with Crippen LogP contribution in [0.1, 0.15) is 12.5 Å². The number of rotatable bonds is 11. The summed E-state index contributed by atoms with van der Waals surface area (Å²) in [7, 11) is 0. The average molecular weight is 442 g/mol. The SMILES string of the molecule is CC(=O)N[C@H]1[C@H](OCCOCCNC(=O)OCc2ccccc2)O[C@H](CO)[C@H](O)[C@@H]1O. The zero-order chi connectivity index (χ0) is 22.6. The molecule has 2 amide bonds. The highest BCUT2D eigenvalue weighted by Crippen LogP contribution is 2.22. The number of carbonyl (C=O) groups is 2. The number of aliphatic hydroxyl groups excluding tert-OH is 3. The van der Waals surface area contributed by atoms with Crippen LogP contribution in [-0.2, 0) is 30.3 Å². The molecule has 1 heterocycles. The van der Waals surface area contributed by atoms with Crippen LogP contribution in [0.25, 0.3) is 0 Å². The Morgan fingerprint density at radius 2 is 1.84 bits per heavy atom. The van der Waals surface area contributed by atoms with Crippen LogP contribution < -0.4 is 10.6 Å². The number of hydrogen-bond acceptors (Lipinski definition) is 9. The molecule has 174 valence electrons. The van der Waals surface area contributed by atoms with E-state index in [1.54, 1.807) is 0 Å². The van der Waals surface area contributed by atoms with E-state index in [2.05, 4.69) is 10.6 Å². The number of alkyl carbamates (subject to hydrolysis) is 1. The van der Waals surface area contributed by atoms with Gasteiger partial charge in [0.15, 0.2) is 6.29 Å². The second kappa shape index (κ2) is 13.2. The van der Waals surface area contributed by atoms with Crippen molar-refractivity contribution in [3.63, 3.8) is 0 Å². The molecule has 5 atom stereocenters. The summed E-state index contributed by atoms with van der Waals surface area (Å²) in [6, 6.07) is 8.29. The van der Waals surface area contributed by atoms with Gasteiger partial charge in [-0.3, -0.25) is 4.79 Å². The standard InChI is InChI=1S/C20H30N2O9/c1-13(24)22-16-18(26)17(25)15(11-23)31-19(16)29-10-9-28-8-7-21-20(27)30-12-14-5-3-2-4-6-14/h2-6,15-19,23,25-26H,7-12H2,1H3,(H,21,27)(H,22,24)/t15-,16-,17+,18-,19-/m1/s1. The molecular weight excluding hydrogens is 412 g/mol. The summed E-state index contributed by atoms with van der Waals surface area (Å²) >= 11 is 0. The minimum absolute atomic E-state index is 0.0557. The molecule has 1 aromatic rings. The Kier molecular flexibility index (Phi) is 10.6. The lowest BCUT2D eigenvalue weighted by molar-refractivity contribution is -0.272. The average Bonchev–Trinajstić information content (AvgIpc) is 2.76. The van der Waals surface area contributed by atoms with Gasteiger partial charge in [0.2, 0.25) is 5.91 Å². The first kappa shape index (κ1) is 25.0. The maximum Gasteiger partial charge on any atom is 0.407 e. The molecule has 1 aromatic carbocycles. The molecule has 11 nitrogen and oxygen atoms in total. The van der Waals surface area contributed by atoms with Crippen molar-refractivity contribution in [3.8, 4) is 0 Å². The molecule has 2 rings (SSSR count). The van der Waals surface area contributed by atoms with Gasteiger partial charge in [0, 0.05) is 13.5 Å². The van der Waals surface area contributed by atoms with Crippen molar-refractivity contribution in [3.05, 3.63) is 35.9 Å². The molecule has 0 radical (unpaired) electrons. The topological polar surface area (TPSA) is 156 Å². The zero-order valence-corrected chi connectivity index (χ0v) is 17.3. The lowest BCUT2D eigenvalue weighted by Crippen LogP contribution is -2.64. The smallest absolute Gasteiger partial charge is 0.407 e. The molecule has 0 saturated carbocycles. The minimum atomic E-state index is -1.37. The first-order valence-corrected chi connectivity index (χ1v) is 9.95. The second-order valence-corrected chi connectivity index (χ2v) is 6.90. The Morgan fingerprint density at radius 1 is 1.10 bits per heavy atom. The Labute approximate surface area is 180 Å². The van der Waals surface area contributed by atoms with E-state index < -0.39 is 49.3 Å². The summed E-state index contributed by atoms with van der Waals surface area (Å²) in [6.07, 6.45) is -5.41. The number of nitrogens with one attached hydrogen (secondary N) is 2. The largest absolute Gasteiger partial charge is 0.445 e. The molecule has 31 heavy (non-hydrogen) atoms. The van der Waals surface area contributed by atoms with Crippen LogP contribution in [0.4, 0.5) is 4.79 Å². The third kappa shape index (κ3) is 8.40. The van der Waals surface area contributed by atoms with Crippen LogP contribution in [0, 0.1) is 0 Å². The van der Waals surface area contributed by atoms with Gasteiger partial charge >= 0.3 is 6.09 Å². The molecule has 0 bridgehead atoms. The fraction of sp³-hybridized carbons (Fsp3) is 0.600. The second-order valence-electron chi connectivity index (χ2n) is 6.90. The van der Waals surface area contributed by atoms with E-state index in [-0.39, 0.29) is 33.0 Å². The Hall–Kier alpha value is -2.28. The highest BCUT2D eigenvalue weighted by molar-refractivity contribution is 5.73. The molecule has 1 aliphatic rings. The monoisotopic (exact) mass is 442 g/mol. The van der Waals surface area contributed by atoms with E-state index in [1.807, 2.05) is 30.3 Å². The first-order valence-electron chi connectivity index (χ1n) is 9.95. The number of hydrogen-bond donors (Lipinski definition) is 5. The molecular formula is C20H30N2O9. The van der Waals surface area contributed by atoms with Gasteiger partial charge in [-0.15, -0.1) is 0 Å². The highest BCUT2D eigenvalue weighted by Gasteiger charge is 2.45. The van der Waals surface area contributed by atoms with Crippen molar-refractivity contribution in [2.24, 2.45) is 0 Å². The number of ether oxygens (including phenoxy) is 4. The maximum absolute atomic E-state index is 11.6. The first-order chi connectivity index (χ1) is 14.9. The van der Waals surface area contributed by atoms with E-state index in [1.165, 1.54) is 6.92 Å². The van der Waals surface area contributed by atoms with Gasteiger partial charge in [-0.2, -0.15) is 0 Å². The molecule has 1 aliphatic heterocycles. The van der Waals surface area contributed by atoms with Crippen molar-refractivity contribution >= 4 is 12.0 Å². The Balaban J connectivity index is 1.61. The number of benzene rings is 1. The van der Waals surface area contributed by atoms with Crippen LogP contribution in [0.2, 0.25) is 0 Å². The van der Waals surface area contributed by atoms with Crippen LogP contribution in [0.5, 0.6) is 0 Å². The molecule has 0 aromatic heterocycles. The van der Waals surface area contributed by atoms with Gasteiger partial charge in [-0.05, 0) is 5.56 Å². The third-order valence-electron chi connectivity index (χ3n) is 4.49. The Morgan fingerprint density at radius 3 is 2.52 bits per heavy atom. The molecule has 0 aliphatic carbocycles. The van der Waals surface area contributed by atoms with Crippen LogP contribution >= 0.6 is 0 Å². The summed E-state index contributed by atoms with van der Waals surface area (Å²) in [5.74, 6) is -0.433. The Bertz CT molecular complexity index is 676. The third-order valence-corrected chi connectivity index (χ3v) is 4.49. The summed E-state index contributed by atoms with van der Waals surface area (Å²) in [5.41, 5.74) is 0.884. The quantitative estimate of drug-likeness (QED) is 0.268. The zero-order valence-electron chi connectivity index (χ0n) is 17.3. The van der Waals surface area contributed by atoms with Gasteiger partial charge in [-0.25, -0.2) is 4.79 Å². The van der Waals surface area contributed by atoms with Crippen LogP contribution in [0.15, 0.2) is 30.3 Å². The summed E-state index contributed by atoms with van der Waals surface area (Å²) in [4.78, 5) is 23.0. The molecule has 11 heteroatoms. The molecule has 0 spiro atoms. The van der Waals surface area contributed by atoms with Crippen molar-refractivity contribution in [1.82, 2.24) is 10.6 Å². The maximum atomic E-state index is 11.6. The van der Waals surface area contributed by atoms with E-state index in [0.29, 0.717) is 0 Å². The van der Waals surface area contributed by atoms with Gasteiger partial charge < -0.3 is 44.9 Å². The van der Waals surface area contributed by atoms with Crippen molar-refractivity contribution < 1.29 is 43.9 Å². The van der Waals surface area contributed by atoms with E-state index >= 15 is 0 Å². The normalized spacial score (nSPS) is 25.6. The van der Waals surface area contributed by atoms with Crippen LogP contribution in [-0.4, -0.2) is 90.9 Å².